The van der Waals surface area contributed by atoms with Gasteiger partial charge in [-0.05, 0) is 19.8 Å². The summed E-state index contributed by atoms with van der Waals surface area (Å²) < 4.78 is 4.74. The Morgan fingerprint density at radius 1 is 1.64 bits per heavy atom. The van der Waals surface area contributed by atoms with Crippen molar-refractivity contribution in [1.82, 2.24) is 0 Å². The van der Waals surface area contributed by atoms with Gasteiger partial charge in [-0.3, -0.25) is 9.59 Å². The van der Waals surface area contributed by atoms with Crippen LogP contribution in [0.15, 0.2) is 0 Å². The predicted molar refractivity (Wildman–Crippen MR) is 38.6 cm³/mol. The van der Waals surface area contributed by atoms with Crippen LogP contribution >= 0.6 is 0 Å². The van der Waals surface area contributed by atoms with Crippen LogP contribution in [0, 0.1) is 5.41 Å². The molecule has 0 aliphatic heterocycles. The molecule has 61 valence electrons. The van der Waals surface area contributed by atoms with Crippen LogP contribution in [0.4, 0.5) is 0 Å². The largest absolute Gasteiger partial charge is 0.465 e. The molecule has 1 fully saturated rings. The second-order valence-corrected chi connectivity index (χ2v) is 2.76. The van der Waals surface area contributed by atoms with Crippen molar-refractivity contribution in [2.45, 2.75) is 26.2 Å². The third kappa shape index (κ3) is 1.27. The Morgan fingerprint density at radius 3 is 2.55 bits per heavy atom. The van der Waals surface area contributed by atoms with Crippen molar-refractivity contribution < 1.29 is 14.3 Å². The molecule has 0 bridgehead atoms. The molecule has 0 heterocycles. The standard InChI is InChI=1S/C8H11O3/c1-2-11-7(10)8(6-9)4-3-5-8/h2-5H2,1H3. The summed E-state index contributed by atoms with van der Waals surface area (Å²) in [5.74, 6) is -0.402. The maximum atomic E-state index is 11.1. The molecule has 0 spiro atoms. The number of carbonyl (C=O) groups excluding carboxylic acids is 2. The van der Waals surface area contributed by atoms with Gasteiger partial charge >= 0.3 is 5.97 Å². The molecule has 11 heavy (non-hydrogen) atoms. The van der Waals surface area contributed by atoms with E-state index in [-0.39, 0.29) is 0 Å². The molecule has 1 aliphatic rings. The molecule has 0 aromatic rings. The fraction of sp³-hybridized carbons (Fsp3) is 0.750. The fourth-order valence-corrected chi connectivity index (χ4v) is 1.15. The van der Waals surface area contributed by atoms with E-state index in [1.165, 1.54) is 0 Å². The number of carbonyl (C=O) groups is 1. The molecule has 0 N–H and O–H groups in total. The lowest BCUT2D eigenvalue weighted by atomic mass is 9.70. The van der Waals surface area contributed by atoms with Crippen LogP contribution in [-0.2, 0) is 14.3 Å². The summed E-state index contributed by atoms with van der Waals surface area (Å²) in [5.41, 5.74) is -0.893. The molecule has 1 radical (unpaired) electrons. The average Bonchev–Trinajstić information content (AvgIpc) is 1.87. The highest BCUT2D eigenvalue weighted by atomic mass is 16.5. The zero-order valence-corrected chi connectivity index (χ0v) is 6.55. The number of hydrogen-bond acceptors (Lipinski definition) is 3. The minimum atomic E-state index is -0.893. The first-order valence-electron chi connectivity index (χ1n) is 3.82. The highest BCUT2D eigenvalue weighted by Crippen LogP contribution is 2.39. The zero-order valence-electron chi connectivity index (χ0n) is 6.55. The Labute approximate surface area is 65.7 Å². The molecule has 0 unspecified atom stereocenters. The van der Waals surface area contributed by atoms with Gasteiger partial charge in [0.15, 0.2) is 0 Å². The van der Waals surface area contributed by atoms with Crippen LogP contribution in [0.1, 0.15) is 26.2 Å². The highest BCUT2D eigenvalue weighted by molar-refractivity contribution is 5.94. The Bertz CT molecular complexity index is 170. The van der Waals surface area contributed by atoms with Crippen LogP contribution in [0.5, 0.6) is 0 Å². The minimum Gasteiger partial charge on any atom is -0.465 e. The van der Waals surface area contributed by atoms with E-state index in [4.69, 9.17) is 4.74 Å². The van der Waals surface area contributed by atoms with Crippen molar-refractivity contribution in [2.75, 3.05) is 6.61 Å². The normalized spacial score (nSPS) is 20.1. The summed E-state index contributed by atoms with van der Waals surface area (Å²) in [4.78, 5) is 21.5. The number of hydrogen-bond donors (Lipinski definition) is 0. The molecule has 0 atom stereocenters. The number of ether oxygens (including phenoxy) is 1. The van der Waals surface area contributed by atoms with Crippen molar-refractivity contribution in [1.29, 1.82) is 0 Å². The third-order valence-electron chi connectivity index (χ3n) is 2.07. The van der Waals surface area contributed by atoms with Crippen molar-refractivity contribution in [3.8, 4) is 0 Å². The lowest BCUT2D eigenvalue weighted by molar-refractivity contribution is -0.155. The maximum Gasteiger partial charge on any atom is 0.320 e. The van der Waals surface area contributed by atoms with Gasteiger partial charge in [0.2, 0.25) is 6.29 Å². The first kappa shape index (κ1) is 8.24. The molecular formula is C8H11O3. The van der Waals surface area contributed by atoms with Gasteiger partial charge in [0.05, 0.1) is 6.61 Å². The van der Waals surface area contributed by atoms with E-state index >= 15 is 0 Å². The summed E-state index contributed by atoms with van der Waals surface area (Å²) in [6.45, 7) is 2.07. The van der Waals surface area contributed by atoms with E-state index in [0.29, 0.717) is 19.4 Å². The van der Waals surface area contributed by atoms with Gasteiger partial charge in [-0.25, -0.2) is 0 Å². The summed E-state index contributed by atoms with van der Waals surface area (Å²) >= 11 is 0. The molecule has 3 nitrogen and oxygen atoms in total. The lowest BCUT2D eigenvalue weighted by Gasteiger charge is -2.32. The zero-order chi connectivity index (χ0) is 8.32. The smallest absolute Gasteiger partial charge is 0.320 e. The highest BCUT2D eigenvalue weighted by Gasteiger charge is 2.46. The average molecular weight is 155 g/mol. The first-order valence-corrected chi connectivity index (χ1v) is 3.82. The Kier molecular flexibility index (Phi) is 2.27. The summed E-state index contributed by atoms with van der Waals surface area (Å²) in [6, 6.07) is 0. The quantitative estimate of drug-likeness (QED) is 0.448. The van der Waals surface area contributed by atoms with Crippen LogP contribution < -0.4 is 0 Å². The van der Waals surface area contributed by atoms with Crippen LogP contribution in [0.25, 0.3) is 0 Å². The van der Waals surface area contributed by atoms with Crippen LogP contribution in [0.2, 0.25) is 0 Å². The van der Waals surface area contributed by atoms with E-state index < -0.39 is 11.4 Å². The minimum absolute atomic E-state index is 0.336. The molecule has 1 saturated carbocycles. The van der Waals surface area contributed by atoms with E-state index in [1.54, 1.807) is 13.2 Å². The maximum absolute atomic E-state index is 11.1. The molecule has 1 aliphatic carbocycles. The van der Waals surface area contributed by atoms with Crippen LogP contribution in [0.3, 0.4) is 0 Å². The molecule has 3 heteroatoms. The number of rotatable bonds is 3. The van der Waals surface area contributed by atoms with Gasteiger partial charge in [0.1, 0.15) is 5.41 Å². The predicted octanol–water partition coefficient (Wildman–Crippen LogP) is 0.830. The first-order chi connectivity index (χ1) is 5.25. The Hall–Kier alpha value is -0.860. The summed E-state index contributed by atoms with van der Waals surface area (Å²) in [6.07, 6.45) is 3.91. The van der Waals surface area contributed by atoms with Gasteiger partial charge < -0.3 is 4.74 Å². The molecule has 0 saturated heterocycles. The van der Waals surface area contributed by atoms with Crippen molar-refractivity contribution in [3.63, 3.8) is 0 Å². The Morgan fingerprint density at radius 2 is 2.27 bits per heavy atom. The van der Waals surface area contributed by atoms with Crippen LogP contribution in [-0.4, -0.2) is 18.9 Å². The van der Waals surface area contributed by atoms with E-state index in [2.05, 4.69) is 0 Å². The van der Waals surface area contributed by atoms with Crippen molar-refractivity contribution >= 4 is 12.3 Å². The van der Waals surface area contributed by atoms with Gasteiger partial charge in [0.25, 0.3) is 0 Å². The molecule has 0 aromatic carbocycles. The van der Waals surface area contributed by atoms with Gasteiger partial charge in [-0.1, -0.05) is 6.42 Å². The molecular weight excluding hydrogens is 144 g/mol. The molecule has 0 amide bonds. The summed E-state index contributed by atoms with van der Waals surface area (Å²) in [7, 11) is 0. The van der Waals surface area contributed by atoms with Crippen molar-refractivity contribution in [3.05, 3.63) is 0 Å². The molecule has 0 aromatic heterocycles. The van der Waals surface area contributed by atoms with Gasteiger partial charge in [-0.2, -0.15) is 0 Å². The monoisotopic (exact) mass is 155 g/mol. The molecule has 1 rings (SSSR count). The third-order valence-corrected chi connectivity index (χ3v) is 2.07. The second kappa shape index (κ2) is 3.03. The van der Waals surface area contributed by atoms with E-state index in [0.717, 1.165) is 6.42 Å². The van der Waals surface area contributed by atoms with Gasteiger partial charge in [-0.15, -0.1) is 0 Å². The lowest BCUT2D eigenvalue weighted by Crippen LogP contribution is -2.40. The second-order valence-electron chi connectivity index (χ2n) is 2.76. The van der Waals surface area contributed by atoms with E-state index in [9.17, 15) is 9.59 Å². The fourth-order valence-electron chi connectivity index (χ4n) is 1.15. The van der Waals surface area contributed by atoms with Crippen molar-refractivity contribution in [2.24, 2.45) is 5.41 Å². The number of esters is 1. The topological polar surface area (TPSA) is 43.4 Å². The Balaban J connectivity index is 2.54. The summed E-state index contributed by atoms with van der Waals surface area (Å²) in [5, 5.41) is 0. The van der Waals surface area contributed by atoms with E-state index in [1.807, 2.05) is 0 Å². The SMILES string of the molecule is CCOC(=O)C1([C]=O)CCC1. The van der Waals surface area contributed by atoms with Gasteiger partial charge in [0, 0.05) is 0 Å².